The standard InChI is InChI=1S/C18H21N3O2/c22-17-7-2-1-6-16(17)18(23)20-14-8-11-21(12-9-14)13-15-5-3-4-10-19-15/h1-7,10,14,22H,8-9,11-13H2,(H,20,23). The van der Waals surface area contributed by atoms with E-state index in [4.69, 9.17) is 0 Å². The molecule has 2 heterocycles. The Morgan fingerprint density at radius 1 is 1.17 bits per heavy atom. The molecule has 2 aromatic rings. The minimum absolute atomic E-state index is 0.0255. The van der Waals surface area contributed by atoms with Crippen molar-refractivity contribution in [3.63, 3.8) is 0 Å². The molecule has 1 amide bonds. The zero-order valence-electron chi connectivity index (χ0n) is 13.0. The molecular formula is C18H21N3O2. The molecule has 5 nitrogen and oxygen atoms in total. The smallest absolute Gasteiger partial charge is 0.255 e. The summed E-state index contributed by atoms with van der Waals surface area (Å²) < 4.78 is 0. The average Bonchev–Trinajstić information content (AvgIpc) is 2.58. The van der Waals surface area contributed by atoms with E-state index in [0.29, 0.717) is 5.56 Å². The van der Waals surface area contributed by atoms with Crippen molar-refractivity contribution in [3.05, 3.63) is 59.9 Å². The molecule has 1 fully saturated rings. The van der Waals surface area contributed by atoms with E-state index in [1.54, 1.807) is 18.2 Å². The highest BCUT2D eigenvalue weighted by molar-refractivity contribution is 5.96. The van der Waals surface area contributed by atoms with Gasteiger partial charge >= 0.3 is 0 Å². The predicted octanol–water partition coefficient (Wildman–Crippen LogP) is 2.18. The summed E-state index contributed by atoms with van der Waals surface area (Å²) in [7, 11) is 0. The van der Waals surface area contributed by atoms with E-state index in [1.807, 2.05) is 24.4 Å². The van der Waals surface area contributed by atoms with Crippen LogP contribution in [0.1, 0.15) is 28.9 Å². The number of phenolic OH excluding ortho intramolecular Hbond substituents is 1. The molecule has 0 atom stereocenters. The molecule has 120 valence electrons. The highest BCUT2D eigenvalue weighted by atomic mass is 16.3. The largest absolute Gasteiger partial charge is 0.507 e. The number of nitrogens with zero attached hydrogens (tertiary/aromatic N) is 2. The van der Waals surface area contributed by atoms with E-state index in [2.05, 4.69) is 15.2 Å². The minimum Gasteiger partial charge on any atom is -0.507 e. The number of nitrogens with one attached hydrogen (secondary N) is 1. The van der Waals surface area contributed by atoms with E-state index in [1.165, 1.54) is 6.07 Å². The first-order valence-electron chi connectivity index (χ1n) is 7.93. The van der Waals surface area contributed by atoms with Crippen molar-refractivity contribution in [2.24, 2.45) is 0 Å². The van der Waals surface area contributed by atoms with Crippen LogP contribution in [0.4, 0.5) is 0 Å². The summed E-state index contributed by atoms with van der Waals surface area (Å²) in [6.07, 6.45) is 3.63. The molecule has 0 radical (unpaired) electrons. The molecule has 0 saturated carbocycles. The molecule has 0 bridgehead atoms. The Labute approximate surface area is 136 Å². The topological polar surface area (TPSA) is 65.5 Å². The predicted molar refractivity (Wildman–Crippen MR) is 88.1 cm³/mol. The Morgan fingerprint density at radius 2 is 1.91 bits per heavy atom. The molecule has 5 heteroatoms. The SMILES string of the molecule is O=C(NC1CCN(Cc2ccccn2)CC1)c1ccccc1O. The van der Waals surface area contributed by atoms with Gasteiger partial charge in [0, 0.05) is 31.9 Å². The van der Waals surface area contributed by atoms with Gasteiger partial charge in [-0.25, -0.2) is 0 Å². The van der Waals surface area contributed by atoms with Crippen molar-refractivity contribution in [1.29, 1.82) is 0 Å². The Balaban J connectivity index is 1.49. The maximum absolute atomic E-state index is 12.2. The lowest BCUT2D eigenvalue weighted by atomic mass is 10.0. The van der Waals surface area contributed by atoms with Crippen LogP contribution in [0.15, 0.2) is 48.7 Å². The lowest BCUT2D eigenvalue weighted by molar-refractivity contribution is 0.0906. The summed E-state index contributed by atoms with van der Waals surface area (Å²) in [5.74, 6) is -0.177. The molecule has 3 rings (SSSR count). The number of pyridine rings is 1. The van der Waals surface area contributed by atoms with Crippen molar-refractivity contribution in [1.82, 2.24) is 15.2 Å². The zero-order chi connectivity index (χ0) is 16.1. The molecule has 1 aromatic carbocycles. The van der Waals surface area contributed by atoms with Crippen LogP contribution in [-0.4, -0.2) is 40.0 Å². The summed E-state index contributed by atoms with van der Waals surface area (Å²) in [5, 5.41) is 12.8. The second-order valence-corrected chi connectivity index (χ2v) is 5.86. The van der Waals surface area contributed by atoms with E-state index in [0.717, 1.165) is 38.2 Å². The number of carbonyl (C=O) groups is 1. The number of para-hydroxylation sites is 1. The third-order valence-corrected chi connectivity index (χ3v) is 4.18. The second kappa shape index (κ2) is 7.24. The van der Waals surface area contributed by atoms with Gasteiger partial charge in [-0.15, -0.1) is 0 Å². The van der Waals surface area contributed by atoms with Crippen molar-refractivity contribution in [2.75, 3.05) is 13.1 Å². The molecule has 0 aliphatic carbocycles. The molecule has 1 saturated heterocycles. The molecule has 0 spiro atoms. The van der Waals surface area contributed by atoms with Crippen LogP contribution in [0.5, 0.6) is 5.75 Å². The number of aromatic hydroxyl groups is 1. The lowest BCUT2D eigenvalue weighted by Gasteiger charge is -2.32. The first-order chi connectivity index (χ1) is 11.2. The zero-order valence-corrected chi connectivity index (χ0v) is 13.0. The van der Waals surface area contributed by atoms with Crippen LogP contribution in [0, 0.1) is 0 Å². The van der Waals surface area contributed by atoms with Gasteiger partial charge in [-0.1, -0.05) is 18.2 Å². The summed E-state index contributed by atoms with van der Waals surface area (Å²) in [6.45, 7) is 2.71. The Morgan fingerprint density at radius 3 is 2.61 bits per heavy atom. The Hall–Kier alpha value is -2.40. The number of hydrogen-bond donors (Lipinski definition) is 2. The van der Waals surface area contributed by atoms with E-state index in [-0.39, 0.29) is 17.7 Å². The number of hydrogen-bond acceptors (Lipinski definition) is 4. The van der Waals surface area contributed by atoms with Gasteiger partial charge in [0.2, 0.25) is 0 Å². The van der Waals surface area contributed by atoms with Crippen molar-refractivity contribution in [2.45, 2.75) is 25.4 Å². The van der Waals surface area contributed by atoms with Gasteiger partial charge in [-0.2, -0.15) is 0 Å². The van der Waals surface area contributed by atoms with Gasteiger partial charge in [0.15, 0.2) is 0 Å². The third-order valence-electron chi connectivity index (χ3n) is 4.18. The number of rotatable bonds is 4. The van der Waals surface area contributed by atoms with Gasteiger partial charge in [0.25, 0.3) is 5.91 Å². The van der Waals surface area contributed by atoms with Crippen molar-refractivity contribution in [3.8, 4) is 5.75 Å². The van der Waals surface area contributed by atoms with Crippen LogP contribution in [0.2, 0.25) is 0 Å². The summed E-state index contributed by atoms with van der Waals surface area (Å²) >= 11 is 0. The molecule has 1 aromatic heterocycles. The fourth-order valence-electron chi connectivity index (χ4n) is 2.88. The van der Waals surface area contributed by atoms with E-state index >= 15 is 0 Å². The van der Waals surface area contributed by atoms with Crippen molar-refractivity contribution >= 4 is 5.91 Å². The quantitative estimate of drug-likeness (QED) is 0.908. The van der Waals surface area contributed by atoms with Gasteiger partial charge in [0.05, 0.1) is 11.3 Å². The second-order valence-electron chi connectivity index (χ2n) is 5.86. The number of phenols is 1. The van der Waals surface area contributed by atoms with E-state index < -0.39 is 0 Å². The van der Waals surface area contributed by atoms with Gasteiger partial charge < -0.3 is 10.4 Å². The Kier molecular flexibility index (Phi) is 4.88. The molecule has 2 N–H and O–H groups in total. The number of carbonyl (C=O) groups excluding carboxylic acids is 1. The molecule has 1 aliphatic rings. The fraction of sp³-hybridized carbons (Fsp3) is 0.333. The number of likely N-dealkylation sites (tertiary alicyclic amines) is 1. The first-order valence-corrected chi connectivity index (χ1v) is 7.93. The maximum atomic E-state index is 12.2. The first kappa shape index (κ1) is 15.5. The summed E-state index contributed by atoms with van der Waals surface area (Å²) in [5.41, 5.74) is 1.41. The van der Waals surface area contributed by atoms with Crippen LogP contribution >= 0.6 is 0 Å². The van der Waals surface area contributed by atoms with Crippen LogP contribution in [-0.2, 0) is 6.54 Å². The van der Waals surface area contributed by atoms with Crippen molar-refractivity contribution < 1.29 is 9.90 Å². The Bertz CT molecular complexity index is 652. The van der Waals surface area contributed by atoms with Crippen LogP contribution in [0.3, 0.4) is 0 Å². The number of piperidine rings is 1. The molecule has 1 aliphatic heterocycles. The minimum atomic E-state index is -0.203. The summed E-state index contributed by atoms with van der Waals surface area (Å²) in [6, 6.07) is 12.7. The highest BCUT2D eigenvalue weighted by Gasteiger charge is 2.22. The number of amides is 1. The monoisotopic (exact) mass is 311 g/mol. The molecular weight excluding hydrogens is 290 g/mol. The fourth-order valence-corrected chi connectivity index (χ4v) is 2.88. The van der Waals surface area contributed by atoms with Gasteiger partial charge in [-0.3, -0.25) is 14.7 Å². The maximum Gasteiger partial charge on any atom is 0.255 e. The summed E-state index contributed by atoms with van der Waals surface area (Å²) in [4.78, 5) is 18.9. The number of aromatic nitrogens is 1. The lowest BCUT2D eigenvalue weighted by Crippen LogP contribution is -2.44. The van der Waals surface area contributed by atoms with E-state index in [9.17, 15) is 9.90 Å². The van der Waals surface area contributed by atoms with Gasteiger partial charge in [-0.05, 0) is 37.1 Å². The normalized spacial score (nSPS) is 16.2. The van der Waals surface area contributed by atoms with Crippen LogP contribution < -0.4 is 5.32 Å². The number of benzene rings is 1. The highest BCUT2D eigenvalue weighted by Crippen LogP contribution is 2.17. The van der Waals surface area contributed by atoms with Crippen LogP contribution in [0.25, 0.3) is 0 Å². The van der Waals surface area contributed by atoms with Gasteiger partial charge in [0.1, 0.15) is 5.75 Å². The molecule has 0 unspecified atom stereocenters. The third kappa shape index (κ3) is 4.07. The average molecular weight is 311 g/mol. The molecule has 23 heavy (non-hydrogen) atoms.